The molecule has 1 aliphatic heterocycles. The first kappa shape index (κ1) is 22.7. The van der Waals surface area contributed by atoms with Crippen molar-refractivity contribution in [2.45, 2.75) is 55.1 Å². The normalized spacial score (nSPS) is 20.5. The van der Waals surface area contributed by atoms with E-state index in [0.29, 0.717) is 11.7 Å². The fourth-order valence-corrected chi connectivity index (χ4v) is 6.55. The van der Waals surface area contributed by atoms with Crippen molar-refractivity contribution in [2.75, 3.05) is 12.4 Å². The highest BCUT2D eigenvalue weighted by atomic mass is 32.2. The van der Waals surface area contributed by atoms with Crippen LogP contribution in [0.5, 0.6) is 11.8 Å². The Kier molecular flexibility index (Phi) is 6.16. The lowest BCUT2D eigenvalue weighted by Crippen LogP contribution is -2.47. The molecule has 1 aliphatic carbocycles. The highest BCUT2D eigenvalue weighted by molar-refractivity contribution is 7.91. The van der Waals surface area contributed by atoms with Gasteiger partial charge in [-0.15, -0.1) is 0 Å². The van der Waals surface area contributed by atoms with Gasteiger partial charge in [-0.1, -0.05) is 49.6 Å². The summed E-state index contributed by atoms with van der Waals surface area (Å²) in [4.78, 5) is 15.9. The Hall–Kier alpha value is -3.13. The summed E-state index contributed by atoms with van der Waals surface area (Å²) in [5.41, 5.74) is -0.335. The lowest BCUT2D eigenvalue weighted by molar-refractivity contribution is 0.0536. The zero-order chi connectivity index (χ0) is 23.6. The monoisotopic (exact) mass is 480 g/mol. The molecule has 0 bridgehead atoms. The standard InChI is InChI=1S/C26H28N2O5S/c29-24-15-16-28-17-26(33-25(28)27-24,19-34(30,31)23-9-5-2-6-10-23)18-32-22-13-11-21(12-14-22)20-7-3-1-4-8-20/h2,5-6,9-16,20H,1,3-4,7-8,17-19H2. The van der Waals surface area contributed by atoms with E-state index >= 15 is 0 Å². The molecule has 5 rings (SSSR count). The predicted molar refractivity (Wildman–Crippen MR) is 128 cm³/mol. The van der Waals surface area contributed by atoms with Gasteiger partial charge < -0.3 is 9.47 Å². The van der Waals surface area contributed by atoms with E-state index in [1.165, 1.54) is 43.7 Å². The Balaban J connectivity index is 1.37. The van der Waals surface area contributed by atoms with E-state index < -0.39 is 21.0 Å². The predicted octanol–water partition coefficient (Wildman–Crippen LogP) is 3.98. The van der Waals surface area contributed by atoms with Crippen molar-refractivity contribution in [2.24, 2.45) is 0 Å². The molecule has 1 unspecified atom stereocenters. The van der Waals surface area contributed by atoms with Crippen molar-refractivity contribution in [3.63, 3.8) is 0 Å². The molecule has 7 nitrogen and oxygen atoms in total. The van der Waals surface area contributed by atoms with Crippen LogP contribution in [-0.4, -0.2) is 35.9 Å². The average molecular weight is 481 g/mol. The minimum absolute atomic E-state index is 0.000606. The second kappa shape index (κ2) is 9.25. The molecule has 0 radical (unpaired) electrons. The number of hydrogen-bond acceptors (Lipinski definition) is 6. The minimum Gasteiger partial charge on any atom is -0.489 e. The summed E-state index contributed by atoms with van der Waals surface area (Å²) in [7, 11) is -3.68. The van der Waals surface area contributed by atoms with Crippen LogP contribution >= 0.6 is 0 Å². The Morgan fingerprint density at radius 3 is 2.47 bits per heavy atom. The highest BCUT2D eigenvalue weighted by Gasteiger charge is 2.45. The number of sulfone groups is 1. The van der Waals surface area contributed by atoms with Gasteiger partial charge in [-0.2, -0.15) is 4.98 Å². The molecule has 1 fully saturated rings. The largest absolute Gasteiger partial charge is 0.489 e. The molecule has 0 N–H and O–H groups in total. The summed E-state index contributed by atoms with van der Waals surface area (Å²) in [6.07, 6.45) is 7.87. The molecule has 8 heteroatoms. The maximum Gasteiger partial charge on any atom is 0.300 e. The minimum atomic E-state index is -3.68. The molecule has 2 aromatic carbocycles. The number of aromatic nitrogens is 2. The molecule has 2 heterocycles. The highest BCUT2D eigenvalue weighted by Crippen LogP contribution is 2.34. The van der Waals surface area contributed by atoms with E-state index in [1.807, 2.05) is 12.1 Å². The van der Waals surface area contributed by atoms with Gasteiger partial charge in [-0.05, 0) is 48.6 Å². The van der Waals surface area contributed by atoms with Crippen molar-refractivity contribution < 1.29 is 17.9 Å². The summed E-state index contributed by atoms with van der Waals surface area (Å²) >= 11 is 0. The molecule has 178 valence electrons. The van der Waals surface area contributed by atoms with Crippen LogP contribution in [0.15, 0.2) is 76.6 Å². The topological polar surface area (TPSA) is 87.5 Å². The Labute approximate surface area is 199 Å². The van der Waals surface area contributed by atoms with Crippen LogP contribution in [0, 0.1) is 0 Å². The van der Waals surface area contributed by atoms with Crippen LogP contribution in [0.4, 0.5) is 0 Å². The first-order valence-electron chi connectivity index (χ1n) is 11.7. The molecule has 0 saturated heterocycles. The van der Waals surface area contributed by atoms with Gasteiger partial charge in [-0.3, -0.25) is 9.36 Å². The van der Waals surface area contributed by atoms with Crippen molar-refractivity contribution in [1.82, 2.24) is 9.55 Å². The first-order valence-corrected chi connectivity index (χ1v) is 13.3. The fraction of sp³-hybridized carbons (Fsp3) is 0.385. The number of rotatable bonds is 7. The zero-order valence-electron chi connectivity index (χ0n) is 18.9. The molecule has 1 aromatic heterocycles. The summed E-state index contributed by atoms with van der Waals surface area (Å²) < 4.78 is 40.2. The van der Waals surface area contributed by atoms with Gasteiger partial charge in [0.2, 0.25) is 0 Å². The van der Waals surface area contributed by atoms with Crippen LogP contribution in [0.25, 0.3) is 0 Å². The lowest BCUT2D eigenvalue weighted by Gasteiger charge is -2.27. The van der Waals surface area contributed by atoms with Gasteiger partial charge in [0.1, 0.15) is 12.4 Å². The molecule has 3 aromatic rings. The molecule has 1 atom stereocenters. The maximum absolute atomic E-state index is 13.2. The van der Waals surface area contributed by atoms with Gasteiger partial charge in [0.05, 0.1) is 17.2 Å². The second-order valence-corrected chi connectivity index (χ2v) is 11.2. The molecule has 1 saturated carbocycles. The van der Waals surface area contributed by atoms with Gasteiger partial charge in [0.15, 0.2) is 15.4 Å². The van der Waals surface area contributed by atoms with E-state index in [9.17, 15) is 13.2 Å². The molecule has 2 aliphatic rings. The summed E-state index contributed by atoms with van der Waals surface area (Å²) in [5, 5.41) is 0. The summed E-state index contributed by atoms with van der Waals surface area (Å²) in [6, 6.07) is 17.8. The van der Waals surface area contributed by atoms with Crippen LogP contribution in [0.2, 0.25) is 0 Å². The number of fused-ring (bicyclic) bond motifs is 1. The van der Waals surface area contributed by atoms with Gasteiger partial charge in [0.25, 0.3) is 5.56 Å². The zero-order valence-corrected chi connectivity index (χ0v) is 19.7. The second-order valence-electron chi connectivity index (χ2n) is 9.23. The van der Waals surface area contributed by atoms with Crippen molar-refractivity contribution in [3.05, 3.63) is 82.8 Å². The summed E-state index contributed by atoms with van der Waals surface area (Å²) in [5.74, 6) is 0.946. The third kappa shape index (κ3) is 4.87. The molecule has 34 heavy (non-hydrogen) atoms. The Morgan fingerprint density at radius 1 is 1.00 bits per heavy atom. The van der Waals surface area contributed by atoms with Crippen LogP contribution in [0.3, 0.4) is 0 Å². The average Bonchev–Trinajstić information content (AvgIpc) is 3.21. The van der Waals surface area contributed by atoms with Crippen LogP contribution in [-0.2, 0) is 16.4 Å². The number of ether oxygens (including phenoxy) is 2. The van der Waals surface area contributed by atoms with Crippen molar-refractivity contribution in [1.29, 1.82) is 0 Å². The smallest absolute Gasteiger partial charge is 0.300 e. The number of benzene rings is 2. The number of hydrogen-bond donors (Lipinski definition) is 0. The van der Waals surface area contributed by atoms with Crippen molar-refractivity contribution >= 4 is 9.84 Å². The first-order chi connectivity index (χ1) is 16.4. The molecule has 0 spiro atoms. The quantitative estimate of drug-likeness (QED) is 0.508. The van der Waals surface area contributed by atoms with E-state index in [0.717, 1.165) is 0 Å². The van der Waals surface area contributed by atoms with Gasteiger partial charge in [-0.25, -0.2) is 8.42 Å². The summed E-state index contributed by atoms with van der Waals surface area (Å²) in [6.45, 7) is 0.210. The SMILES string of the molecule is O=c1ccn2c(n1)OC(COc1ccc(C3CCCCC3)cc1)(CS(=O)(=O)c1ccccc1)C2. The molecular weight excluding hydrogens is 452 g/mol. The van der Waals surface area contributed by atoms with Gasteiger partial charge in [0, 0.05) is 12.3 Å². The van der Waals surface area contributed by atoms with Crippen molar-refractivity contribution in [3.8, 4) is 11.8 Å². The van der Waals surface area contributed by atoms with Gasteiger partial charge >= 0.3 is 6.01 Å². The molecular formula is C26H28N2O5S. The van der Waals surface area contributed by atoms with E-state index in [1.54, 1.807) is 41.1 Å². The van der Waals surface area contributed by atoms with E-state index in [2.05, 4.69) is 17.1 Å². The number of nitrogens with zero attached hydrogens (tertiary/aromatic N) is 2. The maximum atomic E-state index is 13.2. The van der Waals surface area contributed by atoms with Crippen LogP contribution in [0.1, 0.15) is 43.6 Å². The third-order valence-electron chi connectivity index (χ3n) is 6.63. The van der Waals surface area contributed by atoms with Crippen LogP contribution < -0.4 is 15.0 Å². The fourth-order valence-electron chi connectivity index (χ4n) is 4.89. The third-order valence-corrected chi connectivity index (χ3v) is 8.53. The van der Waals surface area contributed by atoms with E-state index in [-0.39, 0.29) is 29.8 Å². The lowest BCUT2D eigenvalue weighted by atomic mass is 9.84. The van der Waals surface area contributed by atoms with E-state index in [4.69, 9.17) is 9.47 Å². The Morgan fingerprint density at radius 2 is 1.74 bits per heavy atom. The molecule has 0 amide bonds. The Bertz CT molecular complexity index is 1300.